The Morgan fingerprint density at radius 1 is 0.925 bits per heavy atom. The van der Waals surface area contributed by atoms with Gasteiger partial charge in [0.1, 0.15) is 5.75 Å². The van der Waals surface area contributed by atoms with Gasteiger partial charge in [-0.2, -0.15) is 0 Å². The summed E-state index contributed by atoms with van der Waals surface area (Å²) in [5.74, 6) is 0.980. The van der Waals surface area contributed by atoms with E-state index in [0.29, 0.717) is 17.7 Å². The predicted molar refractivity (Wildman–Crippen MR) is 161 cm³/mol. The van der Waals surface area contributed by atoms with E-state index in [-0.39, 0.29) is 17.4 Å². The first-order valence-corrected chi connectivity index (χ1v) is 15.4. The van der Waals surface area contributed by atoms with Crippen LogP contribution in [0, 0.1) is 5.92 Å². The van der Waals surface area contributed by atoms with E-state index < -0.39 is 5.41 Å². The van der Waals surface area contributed by atoms with Crippen LogP contribution >= 0.6 is 0 Å². The molecular weight excluding hydrogens is 492 g/mol. The van der Waals surface area contributed by atoms with Gasteiger partial charge in [-0.25, -0.2) is 0 Å². The van der Waals surface area contributed by atoms with E-state index in [1.807, 2.05) is 18.2 Å². The van der Waals surface area contributed by atoms with Gasteiger partial charge in [-0.05, 0) is 86.2 Å². The summed E-state index contributed by atoms with van der Waals surface area (Å²) in [7, 11) is 0. The normalized spacial score (nSPS) is 27.8. The van der Waals surface area contributed by atoms with Crippen molar-refractivity contribution in [2.75, 3.05) is 13.1 Å². The van der Waals surface area contributed by atoms with Crippen LogP contribution in [0.15, 0.2) is 84.9 Å². The molecule has 2 bridgehead atoms. The topological polar surface area (TPSA) is 52.6 Å². The van der Waals surface area contributed by atoms with Crippen LogP contribution in [-0.2, 0) is 22.0 Å². The minimum Gasteiger partial charge on any atom is -0.508 e. The molecule has 1 saturated heterocycles. The average Bonchev–Trinajstić information content (AvgIpc) is 3.48. The van der Waals surface area contributed by atoms with Gasteiger partial charge in [0.05, 0.1) is 5.41 Å². The zero-order valence-corrected chi connectivity index (χ0v) is 23.9. The molecular formula is C36H44N2O2. The minimum absolute atomic E-state index is 0.0505. The molecule has 3 aromatic rings. The fraction of sp³-hybridized carbons (Fsp3) is 0.472. The summed E-state index contributed by atoms with van der Waals surface area (Å²) in [4.78, 5) is 16.9. The smallest absolute Gasteiger partial charge is 0.230 e. The number of hydrogen-bond donors (Lipinski definition) is 2. The lowest BCUT2D eigenvalue weighted by Crippen LogP contribution is -2.62. The Balaban J connectivity index is 1.25. The molecule has 1 amide bonds. The summed E-state index contributed by atoms with van der Waals surface area (Å²) in [6, 6.07) is 29.7. The fourth-order valence-electron chi connectivity index (χ4n) is 8.35. The highest BCUT2D eigenvalue weighted by Gasteiger charge is 2.52. The molecule has 4 atom stereocenters. The number of phenols is 1. The number of amides is 1. The van der Waals surface area contributed by atoms with Crippen LogP contribution in [0.1, 0.15) is 75.0 Å². The summed E-state index contributed by atoms with van der Waals surface area (Å²) in [6.45, 7) is 4.52. The molecule has 1 heterocycles. The van der Waals surface area contributed by atoms with E-state index in [9.17, 15) is 9.90 Å². The maximum absolute atomic E-state index is 14.2. The Hall–Kier alpha value is -3.11. The number of fused-ring (bicyclic) bond motifs is 2. The SMILES string of the molecule is CC1CN(CCCc2ccccc2)[C@@H]2C[C@@H](NC(=O)C3(c4ccccc4)CCCC3)C[C@@]1(c1cccc(O)c1)C2. The molecule has 4 heteroatoms. The average molecular weight is 537 g/mol. The van der Waals surface area contributed by atoms with Gasteiger partial charge in [0.15, 0.2) is 0 Å². The summed E-state index contributed by atoms with van der Waals surface area (Å²) >= 11 is 0. The van der Waals surface area contributed by atoms with E-state index >= 15 is 0 Å². The zero-order valence-electron chi connectivity index (χ0n) is 23.9. The van der Waals surface area contributed by atoms with Gasteiger partial charge in [0.25, 0.3) is 0 Å². The fourth-order valence-corrected chi connectivity index (χ4v) is 8.35. The van der Waals surface area contributed by atoms with E-state index in [1.165, 1.54) is 16.7 Å². The highest BCUT2D eigenvalue weighted by atomic mass is 16.3. The molecule has 3 fully saturated rings. The van der Waals surface area contributed by atoms with Crippen molar-refractivity contribution in [2.24, 2.45) is 5.92 Å². The molecule has 4 nitrogen and oxygen atoms in total. The highest BCUT2D eigenvalue weighted by molar-refractivity contribution is 5.88. The van der Waals surface area contributed by atoms with Gasteiger partial charge in [-0.15, -0.1) is 0 Å². The van der Waals surface area contributed by atoms with E-state index in [1.54, 1.807) is 6.07 Å². The molecule has 40 heavy (non-hydrogen) atoms. The Morgan fingerprint density at radius 2 is 1.62 bits per heavy atom. The second-order valence-corrected chi connectivity index (χ2v) is 12.8. The molecule has 3 aliphatic rings. The van der Waals surface area contributed by atoms with Crippen molar-refractivity contribution in [1.29, 1.82) is 0 Å². The number of carbonyl (C=O) groups excluding carboxylic acids is 1. The van der Waals surface area contributed by atoms with Crippen LogP contribution in [0.3, 0.4) is 0 Å². The monoisotopic (exact) mass is 536 g/mol. The third-order valence-electron chi connectivity index (χ3n) is 10.5. The number of nitrogens with one attached hydrogen (secondary N) is 1. The van der Waals surface area contributed by atoms with Crippen molar-refractivity contribution >= 4 is 5.91 Å². The predicted octanol–water partition coefficient (Wildman–Crippen LogP) is 6.76. The van der Waals surface area contributed by atoms with Crippen LogP contribution in [-0.4, -0.2) is 41.1 Å². The van der Waals surface area contributed by atoms with Gasteiger partial charge in [-0.3, -0.25) is 9.69 Å². The van der Waals surface area contributed by atoms with Gasteiger partial charge in [0, 0.05) is 24.0 Å². The standard InChI is InChI=1S/C36H44N2O2/c1-27-26-38(21-11-14-28-12-4-2-5-13-28)32-23-31(24-36(27,25-32)30-17-10-18-33(39)22-30)37-34(40)35(19-8-9-20-35)29-15-6-3-7-16-29/h2-7,10,12-13,15-18,22,27,31-32,39H,8-9,11,14,19-21,23-26H2,1H3,(H,37,40)/t27?,31-,32-,36-/m1/s1. The van der Waals surface area contributed by atoms with Crippen LogP contribution in [0.25, 0.3) is 0 Å². The van der Waals surface area contributed by atoms with Gasteiger partial charge in [0.2, 0.25) is 5.91 Å². The Bertz CT molecular complexity index is 1290. The first-order chi connectivity index (χ1) is 19.5. The summed E-state index contributed by atoms with van der Waals surface area (Å²) in [6.07, 6.45) is 9.31. The number of aromatic hydroxyl groups is 1. The zero-order chi connectivity index (χ0) is 27.6. The lowest BCUT2D eigenvalue weighted by molar-refractivity contribution is -0.128. The summed E-state index contributed by atoms with van der Waals surface area (Å²) < 4.78 is 0. The maximum Gasteiger partial charge on any atom is 0.230 e. The van der Waals surface area contributed by atoms with Crippen LogP contribution in [0.2, 0.25) is 0 Å². The third kappa shape index (κ3) is 5.19. The molecule has 2 N–H and O–H groups in total. The molecule has 6 rings (SSSR count). The van der Waals surface area contributed by atoms with Crippen molar-refractivity contribution < 1.29 is 9.90 Å². The van der Waals surface area contributed by atoms with Gasteiger partial charge in [-0.1, -0.05) is 92.6 Å². The second-order valence-electron chi connectivity index (χ2n) is 12.8. The van der Waals surface area contributed by atoms with E-state index in [4.69, 9.17) is 0 Å². The van der Waals surface area contributed by atoms with Crippen molar-refractivity contribution in [3.8, 4) is 5.75 Å². The molecule has 1 unspecified atom stereocenters. The first-order valence-electron chi connectivity index (χ1n) is 15.4. The third-order valence-corrected chi connectivity index (χ3v) is 10.5. The quantitative estimate of drug-likeness (QED) is 0.334. The van der Waals surface area contributed by atoms with Gasteiger partial charge < -0.3 is 10.4 Å². The van der Waals surface area contributed by atoms with Crippen LogP contribution < -0.4 is 5.32 Å². The van der Waals surface area contributed by atoms with Crippen molar-refractivity contribution in [3.63, 3.8) is 0 Å². The number of nitrogens with zero attached hydrogens (tertiary/aromatic N) is 1. The number of carbonyl (C=O) groups is 1. The number of benzene rings is 3. The Kier molecular flexibility index (Phi) is 7.72. The lowest BCUT2D eigenvalue weighted by atomic mass is 9.57. The van der Waals surface area contributed by atoms with Crippen LogP contribution in [0.4, 0.5) is 0 Å². The molecule has 1 aliphatic heterocycles. The number of phenolic OH excluding ortho intramolecular Hbond substituents is 1. The molecule has 0 aromatic heterocycles. The second kappa shape index (κ2) is 11.4. The van der Waals surface area contributed by atoms with E-state index in [2.05, 4.69) is 77.8 Å². The molecule has 2 aliphatic carbocycles. The molecule has 0 radical (unpaired) electrons. The molecule has 3 aromatic carbocycles. The number of piperidine rings is 1. The van der Waals surface area contributed by atoms with Gasteiger partial charge >= 0.3 is 0 Å². The maximum atomic E-state index is 14.2. The Morgan fingerprint density at radius 3 is 2.35 bits per heavy atom. The molecule has 2 saturated carbocycles. The summed E-state index contributed by atoms with van der Waals surface area (Å²) in [5, 5.41) is 14.1. The summed E-state index contributed by atoms with van der Waals surface area (Å²) in [5.41, 5.74) is 3.34. The van der Waals surface area contributed by atoms with Crippen molar-refractivity contribution in [2.45, 2.75) is 87.6 Å². The highest BCUT2D eigenvalue weighted by Crippen LogP contribution is 2.51. The van der Waals surface area contributed by atoms with Crippen molar-refractivity contribution in [1.82, 2.24) is 10.2 Å². The van der Waals surface area contributed by atoms with E-state index in [0.717, 1.165) is 70.9 Å². The molecule has 210 valence electrons. The number of likely N-dealkylation sites (tertiary alicyclic amines) is 1. The van der Waals surface area contributed by atoms with Crippen molar-refractivity contribution in [3.05, 3.63) is 102 Å². The number of hydrogen-bond acceptors (Lipinski definition) is 3. The largest absolute Gasteiger partial charge is 0.508 e. The first kappa shape index (κ1) is 27.1. The number of rotatable bonds is 8. The van der Waals surface area contributed by atoms with Crippen LogP contribution in [0.5, 0.6) is 5.75 Å². The lowest BCUT2D eigenvalue weighted by Gasteiger charge is -2.57. The molecule has 0 spiro atoms. The number of aryl methyl sites for hydroxylation is 1. The Labute approximate surface area is 239 Å². The minimum atomic E-state index is -0.410.